The predicted molar refractivity (Wildman–Crippen MR) is 79.9 cm³/mol. The van der Waals surface area contributed by atoms with Gasteiger partial charge in [0.2, 0.25) is 5.91 Å². The molecule has 0 aliphatic heterocycles. The summed E-state index contributed by atoms with van der Waals surface area (Å²) in [6.07, 6.45) is 0.756. The van der Waals surface area contributed by atoms with E-state index in [1.165, 1.54) is 11.3 Å². The Balaban J connectivity index is 2.51. The number of hydrogen-bond donors (Lipinski definition) is 2. The fourth-order valence-electron chi connectivity index (χ4n) is 1.69. The van der Waals surface area contributed by atoms with Crippen molar-refractivity contribution in [2.45, 2.75) is 26.3 Å². The number of rotatable bonds is 8. The Morgan fingerprint density at radius 2 is 2.15 bits per heavy atom. The average molecular weight is 298 g/mol. The van der Waals surface area contributed by atoms with Gasteiger partial charge in [0, 0.05) is 20.3 Å². The molecule has 112 valence electrons. The van der Waals surface area contributed by atoms with Crippen LogP contribution in [-0.4, -0.2) is 38.1 Å². The molecule has 1 aromatic rings. The molecular weight excluding hydrogens is 276 g/mol. The van der Waals surface area contributed by atoms with E-state index < -0.39 is 6.04 Å². The van der Waals surface area contributed by atoms with Crippen LogP contribution in [0.25, 0.3) is 0 Å². The van der Waals surface area contributed by atoms with Crippen LogP contribution in [0.4, 0.5) is 0 Å². The van der Waals surface area contributed by atoms with Crippen LogP contribution in [0.1, 0.15) is 29.9 Å². The molecule has 0 bridgehead atoms. The Bertz CT molecular complexity index is 418. The van der Waals surface area contributed by atoms with Gasteiger partial charge in [0.05, 0.1) is 4.88 Å². The Labute approximate surface area is 123 Å². The topological polar surface area (TPSA) is 67.4 Å². The van der Waals surface area contributed by atoms with Gasteiger partial charge in [0.25, 0.3) is 5.91 Å². The number of thiophene rings is 1. The van der Waals surface area contributed by atoms with Crippen molar-refractivity contribution < 1.29 is 14.3 Å². The van der Waals surface area contributed by atoms with Gasteiger partial charge in [-0.25, -0.2) is 0 Å². The van der Waals surface area contributed by atoms with E-state index in [-0.39, 0.29) is 17.7 Å². The number of hydrogen-bond acceptors (Lipinski definition) is 4. The lowest BCUT2D eigenvalue weighted by atomic mass is 10.0. The van der Waals surface area contributed by atoms with Gasteiger partial charge in [-0.15, -0.1) is 11.3 Å². The first-order valence-corrected chi connectivity index (χ1v) is 7.55. The van der Waals surface area contributed by atoms with E-state index in [0.29, 0.717) is 18.0 Å². The third kappa shape index (κ3) is 5.30. The quantitative estimate of drug-likeness (QED) is 0.717. The van der Waals surface area contributed by atoms with E-state index in [9.17, 15) is 9.59 Å². The summed E-state index contributed by atoms with van der Waals surface area (Å²) < 4.78 is 4.93. The molecule has 20 heavy (non-hydrogen) atoms. The molecule has 0 aromatic carbocycles. The fourth-order valence-corrected chi connectivity index (χ4v) is 2.32. The molecule has 1 atom stereocenters. The maximum absolute atomic E-state index is 12.1. The van der Waals surface area contributed by atoms with Gasteiger partial charge in [0.15, 0.2) is 0 Å². The zero-order valence-electron chi connectivity index (χ0n) is 12.1. The van der Waals surface area contributed by atoms with Crippen molar-refractivity contribution in [3.05, 3.63) is 22.4 Å². The molecule has 0 saturated carbocycles. The molecule has 6 heteroatoms. The number of ether oxygens (including phenoxy) is 1. The minimum absolute atomic E-state index is 0.0290. The molecule has 1 aromatic heterocycles. The van der Waals surface area contributed by atoms with Crippen LogP contribution in [0, 0.1) is 5.92 Å². The van der Waals surface area contributed by atoms with Crippen molar-refractivity contribution in [2.75, 3.05) is 20.3 Å². The smallest absolute Gasteiger partial charge is 0.262 e. The fraction of sp³-hybridized carbons (Fsp3) is 0.571. The summed E-state index contributed by atoms with van der Waals surface area (Å²) in [4.78, 5) is 24.7. The van der Waals surface area contributed by atoms with E-state index in [1.807, 2.05) is 25.3 Å². The van der Waals surface area contributed by atoms with E-state index >= 15 is 0 Å². The molecule has 1 unspecified atom stereocenters. The molecule has 0 fully saturated rings. The van der Waals surface area contributed by atoms with Crippen molar-refractivity contribution in [3.8, 4) is 0 Å². The van der Waals surface area contributed by atoms with Crippen molar-refractivity contribution in [3.63, 3.8) is 0 Å². The summed E-state index contributed by atoms with van der Waals surface area (Å²) in [5.74, 6) is -0.326. The number of nitrogens with one attached hydrogen (secondary N) is 2. The third-order valence-electron chi connectivity index (χ3n) is 2.81. The molecule has 1 rings (SSSR count). The van der Waals surface area contributed by atoms with E-state index in [4.69, 9.17) is 4.74 Å². The van der Waals surface area contributed by atoms with Gasteiger partial charge in [-0.2, -0.15) is 0 Å². The van der Waals surface area contributed by atoms with E-state index in [1.54, 1.807) is 13.2 Å². The normalized spacial score (nSPS) is 12.2. The van der Waals surface area contributed by atoms with Crippen molar-refractivity contribution in [1.29, 1.82) is 0 Å². The molecule has 2 N–H and O–H groups in total. The lowest BCUT2D eigenvalue weighted by Crippen LogP contribution is -2.49. The van der Waals surface area contributed by atoms with Crippen LogP contribution >= 0.6 is 11.3 Å². The zero-order chi connectivity index (χ0) is 15.0. The van der Waals surface area contributed by atoms with Crippen LogP contribution < -0.4 is 10.6 Å². The van der Waals surface area contributed by atoms with Gasteiger partial charge >= 0.3 is 0 Å². The Hall–Kier alpha value is -1.40. The van der Waals surface area contributed by atoms with Gasteiger partial charge in [-0.3, -0.25) is 9.59 Å². The minimum atomic E-state index is -0.521. The summed E-state index contributed by atoms with van der Waals surface area (Å²) in [7, 11) is 1.62. The highest BCUT2D eigenvalue weighted by Crippen LogP contribution is 2.10. The van der Waals surface area contributed by atoms with E-state index in [2.05, 4.69) is 10.6 Å². The highest BCUT2D eigenvalue weighted by molar-refractivity contribution is 7.12. The first kappa shape index (κ1) is 16.7. The molecule has 0 spiro atoms. The molecular formula is C14H22N2O3S. The second-order valence-corrected chi connectivity index (χ2v) is 5.76. The summed E-state index contributed by atoms with van der Waals surface area (Å²) in [5, 5.41) is 7.44. The molecule has 2 amide bonds. The first-order valence-electron chi connectivity index (χ1n) is 6.67. The number of methoxy groups -OCH3 is 1. The van der Waals surface area contributed by atoms with Crippen molar-refractivity contribution in [1.82, 2.24) is 10.6 Å². The van der Waals surface area contributed by atoms with Gasteiger partial charge in [0.1, 0.15) is 6.04 Å². The third-order valence-corrected chi connectivity index (χ3v) is 3.67. The van der Waals surface area contributed by atoms with Crippen LogP contribution in [0.2, 0.25) is 0 Å². The van der Waals surface area contributed by atoms with Crippen molar-refractivity contribution in [2.24, 2.45) is 5.92 Å². The Morgan fingerprint density at radius 3 is 2.70 bits per heavy atom. The van der Waals surface area contributed by atoms with Crippen LogP contribution in [0.15, 0.2) is 17.5 Å². The Kier molecular flexibility index (Phi) is 7.25. The lowest BCUT2D eigenvalue weighted by molar-refractivity contribution is -0.123. The second-order valence-electron chi connectivity index (χ2n) is 4.81. The Morgan fingerprint density at radius 1 is 1.40 bits per heavy atom. The standard InChI is InChI=1S/C14H22N2O3S/c1-10(2)12(14(18)15-7-5-8-19-3)16-13(17)11-6-4-9-20-11/h4,6,9-10,12H,5,7-8H2,1-3H3,(H,15,18)(H,16,17). The predicted octanol–water partition coefficient (Wildman–Crippen LogP) is 1.66. The van der Waals surface area contributed by atoms with Crippen LogP contribution in [0.3, 0.4) is 0 Å². The molecule has 0 radical (unpaired) electrons. The second kappa shape index (κ2) is 8.71. The SMILES string of the molecule is COCCCNC(=O)C(NC(=O)c1cccs1)C(C)C. The van der Waals surface area contributed by atoms with Crippen LogP contribution in [0.5, 0.6) is 0 Å². The first-order chi connectivity index (χ1) is 9.56. The molecule has 0 aliphatic rings. The monoisotopic (exact) mass is 298 g/mol. The number of carbonyl (C=O) groups excluding carboxylic acids is 2. The number of carbonyl (C=O) groups is 2. The van der Waals surface area contributed by atoms with Gasteiger partial charge < -0.3 is 15.4 Å². The highest BCUT2D eigenvalue weighted by Gasteiger charge is 2.24. The molecule has 1 heterocycles. The number of amides is 2. The minimum Gasteiger partial charge on any atom is -0.385 e. The molecule has 0 saturated heterocycles. The largest absolute Gasteiger partial charge is 0.385 e. The van der Waals surface area contributed by atoms with Gasteiger partial charge in [-0.1, -0.05) is 19.9 Å². The highest BCUT2D eigenvalue weighted by atomic mass is 32.1. The molecule has 0 aliphatic carbocycles. The molecule has 5 nitrogen and oxygen atoms in total. The van der Waals surface area contributed by atoms with Crippen LogP contribution in [-0.2, 0) is 9.53 Å². The zero-order valence-corrected chi connectivity index (χ0v) is 13.0. The maximum atomic E-state index is 12.1. The summed E-state index contributed by atoms with van der Waals surface area (Å²) >= 11 is 1.36. The lowest BCUT2D eigenvalue weighted by Gasteiger charge is -2.21. The summed E-state index contributed by atoms with van der Waals surface area (Å²) in [5.41, 5.74) is 0. The summed E-state index contributed by atoms with van der Waals surface area (Å²) in [6.45, 7) is 4.97. The summed E-state index contributed by atoms with van der Waals surface area (Å²) in [6, 6.07) is 3.04. The van der Waals surface area contributed by atoms with E-state index in [0.717, 1.165) is 6.42 Å². The maximum Gasteiger partial charge on any atom is 0.262 e. The van der Waals surface area contributed by atoms with Crippen molar-refractivity contribution >= 4 is 23.2 Å². The average Bonchev–Trinajstić information content (AvgIpc) is 2.94. The van der Waals surface area contributed by atoms with Gasteiger partial charge in [-0.05, 0) is 23.8 Å².